The molecule has 6 heteroatoms. The van der Waals surface area contributed by atoms with Gasteiger partial charge in [0.15, 0.2) is 11.5 Å². The summed E-state index contributed by atoms with van der Waals surface area (Å²) in [7, 11) is -3.66. The smallest absolute Gasteiger partial charge is 0.262 e. The lowest BCUT2D eigenvalue weighted by molar-refractivity contribution is 0.561. The third kappa shape index (κ3) is 2.94. The number of oxazole rings is 1. The molecule has 0 atom stereocenters. The normalized spacial score (nSPS) is 11.8. The fourth-order valence-corrected chi connectivity index (χ4v) is 4.41. The van der Waals surface area contributed by atoms with Gasteiger partial charge in [-0.3, -0.25) is 4.72 Å². The Balaban J connectivity index is 2.03. The molecule has 0 aliphatic heterocycles. The van der Waals surface area contributed by atoms with E-state index in [0.29, 0.717) is 27.6 Å². The second-order valence-corrected chi connectivity index (χ2v) is 7.37. The van der Waals surface area contributed by atoms with Gasteiger partial charge in [-0.2, -0.15) is 0 Å². The maximum Gasteiger partial charge on any atom is 0.262 e. The number of aromatic nitrogens is 1. The Hall–Kier alpha value is -2.34. The minimum absolute atomic E-state index is 0.319. The summed E-state index contributed by atoms with van der Waals surface area (Å²) >= 11 is 0. The van der Waals surface area contributed by atoms with E-state index in [1.807, 2.05) is 19.1 Å². The van der Waals surface area contributed by atoms with Crippen LogP contribution < -0.4 is 4.72 Å². The number of hydrogen-bond acceptors (Lipinski definition) is 4. The number of rotatable bonds is 3. The molecule has 0 aliphatic rings. The van der Waals surface area contributed by atoms with Gasteiger partial charge in [0.2, 0.25) is 0 Å². The maximum absolute atomic E-state index is 12.7. The lowest BCUT2D eigenvalue weighted by atomic mass is 10.1. The predicted molar refractivity (Wildman–Crippen MR) is 90.2 cm³/mol. The summed E-state index contributed by atoms with van der Waals surface area (Å²) in [6, 6.07) is 8.78. The van der Waals surface area contributed by atoms with Gasteiger partial charge in [-0.15, -0.1) is 0 Å². The molecule has 2 aromatic carbocycles. The zero-order valence-electron chi connectivity index (χ0n) is 13.5. The molecule has 0 fully saturated rings. The number of aryl methyl sites for hydroxylation is 4. The summed E-state index contributed by atoms with van der Waals surface area (Å²) in [4.78, 5) is 4.54. The Morgan fingerprint density at radius 2 is 1.65 bits per heavy atom. The van der Waals surface area contributed by atoms with Gasteiger partial charge < -0.3 is 4.42 Å². The highest BCUT2D eigenvalue weighted by Crippen LogP contribution is 2.26. The average Bonchev–Trinajstić information content (AvgIpc) is 2.75. The van der Waals surface area contributed by atoms with Crippen molar-refractivity contribution in [2.45, 2.75) is 32.6 Å². The summed E-state index contributed by atoms with van der Waals surface area (Å²) in [5, 5.41) is 0. The first-order valence-corrected chi connectivity index (χ1v) is 8.72. The molecule has 23 heavy (non-hydrogen) atoms. The van der Waals surface area contributed by atoms with Crippen LogP contribution in [0.5, 0.6) is 0 Å². The maximum atomic E-state index is 12.7. The Labute approximate surface area is 135 Å². The van der Waals surface area contributed by atoms with Crippen LogP contribution in [-0.4, -0.2) is 13.4 Å². The molecule has 0 aliphatic carbocycles. The van der Waals surface area contributed by atoms with Crippen LogP contribution in [0.15, 0.2) is 39.6 Å². The molecule has 120 valence electrons. The van der Waals surface area contributed by atoms with Gasteiger partial charge in [-0.05, 0) is 50.1 Å². The van der Waals surface area contributed by atoms with Crippen LogP contribution in [0.25, 0.3) is 11.1 Å². The quantitative estimate of drug-likeness (QED) is 0.791. The van der Waals surface area contributed by atoms with Gasteiger partial charge in [0, 0.05) is 6.92 Å². The van der Waals surface area contributed by atoms with Gasteiger partial charge in [0.25, 0.3) is 10.0 Å². The Bertz CT molecular complexity index is 981. The second-order valence-electron chi connectivity index (χ2n) is 5.75. The first-order chi connectivity index (χ1) is 10.8. The van der Waals surface area contributed by atoms with E-state index in [-0.39, 0.29) is 0 Å². The SMILES string of the molecule is Cc1cc(C)c(S(=O)(=O)Nc2ccc3oc(C)nc3c2)c(C)c1. The van der Waals surface area contributed by atoms with E-state index in [2.05, 4.69) is 9.71 Å². The van der Waals surface area contributed by atoms with Crippen molar-refractivity contribution in [1.82, 2.24) is 4.98 Å². The van der Waals surface area contributed by atoms with Crippen LogP contribution in [0.3, 0.4) is 0 Å². The van der Waals surface area contributed by atoms with Crippen LogP contribution in [0.2, 0.25) is 0 Å². The molecule has 3 aromatic rings. The van der Waals surface area contributed by atoms with Crippen LogP contribution in [-0.2, 0) is 10.0 Å². The molecule has 0 saturated heterocycles. The highest BCUT2D eigenvalue weighted by molar-refractivity contribution is 7.92. The third-order valence-electron chi connectivity index (χ3n) is 3.62. The molecule has 1 heterocycles. The van der Waals surface area contributed by atoms with Crippen molar-refractivity contribution in [3.63, 3.8) is 0 Å². The van der Waals surface area contributed by atoms with Gasteiger partial charge in [-0.25, -0.2) is 13.4 Å². The fraction of sp³-hybridized carbons (Fsp3) is 0.235. The number of nitrogens with zero attached hydrogens (tertiary/aromatic N) is 1. The van der Waals surface area contributed by atoms with Gasteiger partial charge in [-0.1, -0.05) is 17.7 Å². The zero-order valence-corrected chi connectivity index (χ0v) is 14.3. The van der Waals surface area contributed by atoms with Crippen LogP contribution in [0, 0.1) is 27.7 Å². The van der Waals surface area contributed by atoms with E-state index in [1.54, 1.807) is 39.0 Å². The number of anilines is 1. The van der Waals surface area contributed by atoms with Crippen molar-refractivity contribution in [2.24, 2.45) is 0 Å². The summed E-state index contributed by atoms with van der Waals surface area (Å²) < 4.78 is 33.5. The first-order valence-electron chi connectivity index (χ1n) is 7.24. The second kappa shape index (κ2) is 5.38. The summed E-state index contributed by atoms with van der Waals surface area (Å²) in [5.74, 6) is 0.547. The van der Waals surface area contributed by atoms with Crippen molar-refractivity contribution in [3.05, 3.63) is 52.9 Å². The molecule has 0 unspecified atom stereocenters. The lowest BCUT2D eigenvalue weighted by Gasteiger charge is -2.13. The molecule has 0 bridgehead atoms. The topological polar surface area (TPSA) is 72.2 Å². The van der Waals surface area contributed by atoms with E-state index >= 15 is 0 Å². The Kier molecular flexibility index (Phi) is 3.64. The largest absolute Gasteiger partial charge is 0.441 e. The van der Waals surface area contributed by atoms with Crippen molar-refractivity contribution in [1.29, 1.82) is 0 Å². The molecule has 0 radical (unpaired) electrons. The minimum atomic E-state index is -3.66. The van der Waals surface area contributed by atoms with E-state index in [9.17, 15) is 8.42 Å². The van der Waals surface area contributed by atoms with Gasteiger partial charge >= 0.3 is 0 Å². The number of fused-ring (bicyclic) bond motifs is 1. The molecule has 0 spiro atoms. The van der Waals surface area contributed by atoms with Gasteiger partial charge in [0.1, 0.15) is 5.52 Å². The van der Waals surface area contributed by atoms with Gasteiger partial charge in [0.05, 0.1) is 10.6 Å². The molecule has 0 saturated carbocycles. The molecule has 5 nitrogen and oxygen atoms in total. The van der Waals surface area contributed by atoms with Crippen molar-refractivity contribution >= 4 is 26.8 Å². The lowest BCUT2D eigenvalue weighted by Crippen LogP contribution is -2.15. The standard InChI is InChI=1S/C17H18N2O3S/c1-10-7-11(2)17(12(3)8-10)23(20,21)19-14-5-6-16-15(9-14)18-13(4)22-16/h5-9,19H,1-4H3. The minimum Gasteiger partial charge on any atom is -0.441 e. The highest BCUT2D eigenvalue weighted by Gasteiger charge is 2.20. The Morgan fingerprint density at radius 1 is 1.00 bits per heavy atom. The first kappa shape index (κ1) is 15.6. The molecular formula is C17H18N2O3S. The number of hydrogen-bond donors (Lipinski definition) is 1. The highest BCUT2D eigenvalue weighted by atomic mass is 32.2. The van der Waals surface area contributed by atoms with Crippen molar-refractivity contribution in [3.8, 4) is 0 Å². The van der Waals surface area contributed by atoms with Crippen molar-refractivity contribution in [2.75, 3.05) is 4.72 Å². The molecular weight excluding hydrogens is 312 g/mol. The van der Waals surface area contributed by atoms with E-state index < -0.39 is 10.0 Å². The molecule has 1 aromatic heterocycles. The number of benzene rings is 2. The number of sulfonamides is 1. The summed E-state index contributed by atoms with van der Waals surface area (Å²) in [5.41, 5.74) is 4.22. The van der Waals surface area contributed by atoms with E-state index in [4.69, 9.17) is 4.42 Å². The monoisotopic (exact) mass is 330 g/mol. The zero-order chi connectivity index (χ0) is 16.8. The average molecular weight is 330 g/mol. The van der Waals surface area contributed by atoms with E-state index in [0.717, 1.165) is 16.7 Å². The third-order valence-corrected chi connectivity index (χ3v) is 5.31. The van der Waals surface area contributed by atoms with Crippen LogP contribution in [0.4, 0.5) is 5.69 Å². The van der Waals surface area contributed by atoms with E-state index in [1.165, 1.54) is 0 Å². The molecule has 0 amide bonds. The van der Waals surface area contributed by atoms with Crippen molar-refractivity contribution < 1.29 is 12.8 Å². The fourth-order valence-electron chi connectivity index (χ4n) is 2.90. The van der Waals surface area contributed by atoms with Crippen LogP contribution >= 0.6 is 0 Å². The number of nitrogens with one attached hydrogen (secondary N) is 1. The predicted octanol–water partition coefficient (Wildman–Crippen LogP) is 3.86. The summed E-state index contributed by atoms with van der Waals surface area (Å²) in [6.07, 6.45) is 0. The van der Waals surface area contributed by atoms with Crippen LogP contribution in [0.1, 0.15) is 22.6 Å². The summed E-state index contributed by atoms with van der Waals surface area (Å²) in [6.45, 7) is 7.31. The molecule has 1 N–H and O–H groups in total. The Morgan fingerprint density at radius 3 is 2.30 bits per heavy atom. The molecule has 3 rings (SSSR count).